The number of nitrogens with zero attached hydrogens (tertiary/aromatic N) is 1. The lowest BCUT2D eigenvalue weighted by Gasteiger charge is -2.55. The molecule has 1 heterocycles. The molecule has 2 fully saturated rings. The largest absolute Gasteiger partial charge is 0.378 e. The monoisotopic (exact) mass is 268 g/mol. The number of hydrogen-bond donors (Lipinski definition) is 1. The molecule has 19 heavy (non-hydrogen) atoms. The fraction of sp³-hybridized carbons (Fsp3) is 0.933. The second-order valence-electron chi connectivity index (χ2n) is 6.71. The number of likely N-dealkylation sites (tertiary alicyclic amines) is 1. The normalized spacial score (nSPS) is 33.9. The van der Waals surface area contributed by atoms with Gasteiger partial charge in [-0.05, 0) is 19.8 Å². The first kappa shape index (κ1) is 14.8. The Morgan fingerprint density at radius 2 is 2.16 bits per heavy atom. The highest BCUT2D eigenvalue weighted by molar-refractivity contribution is 5.84. The first-order chi connectivity index (χ1) is 8.87. The van der Waals surface area contributed by atoms with E-state index in [9.17, 15) is 4.79 Å². The number of nitrogens with one attached hydrogen (secondary N) is 1. The number of carbonyl (C=O) groups excluding carboxylic acids is 1. The van der Waals surface area contributed by atoms with Gasteiger partial charge in [-0.2, -0.15) is 0 Å². The van der Waals surface area contributed by atoms with E-state index in [2.05, 4.69) is 37.9 Å². The van der Waals surface area contributed by atoms with E-state index >= 15 is 0 Å². The summed E-state index contributed by atoms with van der Waals surface area (Å²) >= 11 is 0. The van der Waals surface area contributed by atoms with Gasteiger partial charge in [0.1, 0.15) is 0 Å². The third-order valence-electron chi connectivity index (χ3n) is 4.64. The van der Waals surface area contributed by atoms with Crippen molar-refractivity contribution in [3.63, 3.8) is 0 Å². The predicted molar refractivity (Wildman–Crippen MR) is 76.0 cm³/mol. The predicted octanol–water partition coefficient (Wildman–Crippen LogP) is 1.79. The van der Waals surface area contributed by atoms with E-state index < -0.39 is 0 Å². The van der Waals surface area contributed by atoms with E-state index in [0.29, 0.717) is 18.2 Å². The van der Waals surface area contributed by atoms with Gasteiger partial charge in [-0.1, -0.05) is 27.7 Å². The Morgan fingerprint density at radius 3 is 2.68 bits per heavy atom. The molecule has 1 aliphatic carbocycles. The zero-order chi connectivity index (χ0) is 14.2. The van der Waals surface area contributed by atoms with Crippen molar-refractivity contribution < 1.29 is 9.53 Å². The van der Waals surface area contributed by atoms with E-state index in [1.165, 1.54) is 0 Å². The fourth-order valence-electron chi connectivity index (χ4n) is 3.45. The van der Waals surface area contributed by atoms with E-state index in [4.69, 9.17) is 4.74 Å². The Labute approximate surface area is 116 Å². The molecule has 0 bridgehead atoms. The van der Waals surface area contributed by atoms with E-state index in [1.807, 2.05) is 6.92 Å². The van der Waals surface area contributed by atoms with Crippen molar-refractivity contribution in [1.29, 1.82) is 0 Å². The second kappa shape index (κ2) is 5.41. The molecule has 0 spiro atoms. The summed E-state index contributed by atoms with van der Waals surface area (Å²) in [7, 11) is 0. The second-order valence-corrected chi connectivity index (χ2v) is 6.71. The smallest absolute Gasteiger partial charge is 0.240 e. The molecule has 0 radical (unpaired) electrons. The van der Waals surface area contributed by atoms with Crippen LogP contribution in [0.2, 0.25) is 0 Å². The standard InChI is InChI=1S/C15H28N2O2/c1-6-19-13-9-12(15(13,4)5)17-8-7-11(14(17)18)16-10(2)3/h10-13,16H,6-9H2,1-5H3. The molecule has 1 amide bonds. The van der Waals surface area contributed by atoms with Crippen molar-refractivity contribution in [2.75, 3.05) is 13.2 Å². The first-order valence-electron chi connectivity index (χ1n) is 7.56. The Morgan fingerprint density at radius 1 is 1.47 bits per heavy atom. The molecule has 110 valence electrons. The number of carbonyl (C=O) groups is 1. The lowest BCUT2D eigenvalue weighted by molar-refractivity contribution is -0.163. The van der Waals surface area contributed by atoms with Gasteiger partial charge in [0, 0.05) is 30.7 Å². The Kier molecular flexibility index (Phi) is 4.21. The van der Waals surface area contributed by atoms with Crippen LogP contribution in [0.4, 0.5) is 0 Å². The molecule has 1 aliphatic heterocycles. The van der Waals surface area contributed by atoms with Crippen LogP contribution in [-0.4, -0.2) is 48.2 Å². The van der Waals surface area contributed by atoms with Crippen LogP contribution in [0.25, 0.3) is 0 Å². The Balaban J connectivity index is 1.96. The molecule has 4 nitrogen and oxygen atoms in total. The third kappa shape index (κ3) is 2.65. The van der Waals surface area contributed by atoms with Crippen molar-refractivity contribution in [2.45, 2.75) is 71.7 Å². The van der Waals surface area contributed by atoms with Crippen LogP contribution >= 0.6 is 0 Å². The molecule has 2 aliphatic rings. The summed E-state index contributed by atoms with van der Waals surface area (Å²) in [5.74, 6) is 0.279. The molecule has 2 rings (SSSR count). The van der Waals surface area contributed by atoms with Crippen molar-refractivity contribution in [1.82, 2.24) is 10.2 Å². The van der Waals surface area contributed by atoms with Crippen molar-refractivity contribution in [3.8, 4) is 0 Å². The summed E-state index contributed by atoms with van der Waals surface area (Å²) in [4.78, 5) is 14.5. The van der Waals surface area contributed by atoms with Gasteiger partial charge in [0.15, 0.2) is 0 Å². The molecule has 1 saturated carbocycles. The fourth-order valence-corrected chi connectivity index (χ4v) is 3.45. The molecule has 3 unspecified atom stereocenters. The molecular formula is C15H28N2O2. The van der Waals surface area contributed by atoms with Crippen LogP contribution < -0.4 is 5.32 Å². The zero-order valence-corrected chi connectivity index (χ0v) is 12.9. The summed E-state index contributed by atoms with van der Waals surface area (Å²) in [5.41, 5.74) is 0.0817. The summed E-state index contributed by atoms with van der Waals surface area (Å²) in [6.45, 7) is 12.3. The van der Waals surface area contributed by atoms with Gasteiger partial charge in [-0.25, -0.2) is 0 Å². The molecule has 0 aromatic carbocycles. The van der Waals surface area contributed by atoms with Crippen molar-refractivity contribution in [3.05, 3.63) is 0 Å². The van der Waals surface area contributed by atoms with Crippen LogP contribution in [0.5, 0.6) is 0 Å². The SMILES string of the molecule is CCOC1CC(N2CCC(NC(C)C)C2=O)C1(C)C. The molecule has 1 saturated heterocycles. The lowest BCUT2D eigenvalue weighted by Crippen LogP contribution is -2.63. The summed E-state index contributed by atoms with van der Waals surface area (Å²) in [5, 5.41) is 3.37. The minimum absolute atomic E-state index is 0.0157. The van der Waals surface area contributed by atoms with Crippen molar-refractivity contribution in [2.24, 2.45) is 5.41 Å². The quantitative estimate of drug-likeness (QED) is 0.826. The van der Waals surface area contributed by atoms with E-state index in [0.717, 1.165) is 26.0 Å². The summed E-state index contributed by atoms with van der Waals surface area (Å²) < 4.78 is 5.76. The van der Waals surface area contributed by atoms with Crippen LogP contribution in [0.3, 0.4) is 0 Å². The summed E-state index contributed by atoms with van der Waals surface area (Å²) in [6, 6.07) is 0.719. The lowest BCUT2D eigenvalue weighted by atomic mass is 9.63. The Bertz CT molecular complexity index is 341. The number of rotatable bonds is 5. The van der Waals surface area contributed by atoms with Gasteiger partial charge in [0.05, 0.1) is 12.1 Å². The van der Waals surface area contributed by atoms with Gasteiger partial charge >= 0.3 is 0 Å². The Hall–Kier alpha value is -0.610. The third-order valence-corrected chi connectivity index (χ3v) is 4.64. The number of ether oxygens (including phenoxy) is 1. The molecule has 4 heteroatoms. The highest BCUT2D eigenvalue weighted by Gasteiger charge is 2.54. The minimum atomic E-state index is 0.0157. The van der Waals surface area contributed by atoms with Crippen LogP contribution in [0, 0.1) is 5.41 Å². The number of amides is 1. The van der Waals surface area contributed by atoms with E-state index in [-0.39, 0.29) is 17.4 Å². The molecule has 1 N–H and O–H groups in total. The first-order valence-corrected chi connectivity index (χ1v) is 7.56. The minimum Gasteiger partial charge on any atom is -0.378 e. The number of hydrogen-bond acceptors (Lipinski definition) is 3. The molecule has 0 aromatic rings. The topological polar surface area (TPSA) is 41.6 Å². The van der Waals surface area contributed by atoms with Gasteiger partial charge in [-0.15, -0.1) is 0 Å². The van der Waals surface area contributed by atoms with E-state index in [1.54, 1.807) is 0 Å². The summed E-state index contributed by atoms with van der Waals surface area (Å²) in [6.07, 6.45) is 2.22. The van der Waals surface area contributed by atoms with Crippen LogP contribution in [-0.2, 0) is 9.53 Å². The van der Waals surface area contributed by atoms with Crippen LogP contribution in [0.15, 0.2) is 0 Å². The van der Waals surface area contributed by atoms with Gasteiger partial charge in [-0.3, -0.25) is 4.79 Å². The molecule has 0 aromatic heterocycles. The highest BCUT2D eigenvalue weighted by Crippen LogP contribution is 2.46. The molecular weight excluding hydrogens is 240 g/mol. The highest BCUT2D eigenvalue weighted by atomic mass is 16.5. The maximum absolute atomic E-state index is 12.5. The average Bonchev–Trinajstić information content (AvgIpc) is 2.65. The van der Waals surface area contributed by atoms with Gasteiger partial charge in [0.2, 0.25) is 5.91 Å². The van der Waals surface area contributed by atoms with Gasteiger partial charge in [0.25, 0.3) is 0 Å². The molecule has 3 atom stereocenters. The van der Waals surface area contributed by atoms with Crippen LogP contribution in [0.1, 0.15) is 47.5 Å². The average molecular weight is 268 g/mol. The maximum atomic E-state index is 12.5. The maximum Gasteiger partial charge on any atom is 0.240 e. The van der Waals surface area contributed by atoms with Gasteiger partial charge < -0.3 is 15.0 Å². The van der Waals surface area contributed by atoms with Crippen molar-refractivity contribution >= 4 is 5.91 Å². The zero-order valence-electron chi connectivity index (χ0n) is 12.9.